The molecule has 7 heteroatoms. The Bertz CT molecular complexity index is 1030. The minimum Gasteiger partial charge on any atom is -0.494 e. The number of fused-ring (bicyclic) bond motifs is 1. The van der Waals surface area contributed by atoms with Crippen molar-refractivity contribution in [3.8, 4) is 17.2 Å². The van der Waals surface area contributed by atoms with Crippen molar-refractivity contribution in [2.75, 3.05) is 27.4 Å². The van der Waals surface area contributed by atoms with Gasteiger partial charge in [0.15, 0.2) is 23.1 Å². The van der Waals surface area contributed by atoms with Gasteiger partial charge in [0.05, 0.1) is 32.9 Å². The molecule has 0 radical (unpaired) electrons. The lowest BCUT2D eigenvalue weighted by Crippen LogP contribution is -2.30. The Balaban J connectivity index is 1.90. The molecule has 0 atom stereocenters. The first-order valence-electron chi connectivity index (χ1n) is 10.2. The molecule has 0 fully saturated rings. The predicted octanol–water partition coefficient (Wildman–Crippen LogP) is 4.56. The SMILES string of the molecule is CCOc1cc(C(=O)CN2Cc3cc(OC)c(OC)c(F)c3C2=N)cc(C(C)(C)C)c1. The number of ketones is 1. The van der Waals surface area contributed by atoms with E-state index in [9.17, 15) is 9.18 Å². The number of hydrogen-bond acceptors (Lipinski definition) is 5. The van der Waals surface area contributed by atoms with Crippen molar-refractivity contribution in [2.24, 2.45) is 0 Å². The number of nitrogens with zero attached hydrogens (tertiary/aromatic N) is 1. The first-order chi connectivity index (χ1) is 14.6. The van der Waals surface area contributed by atoms with Gasteiger partial charge in [-0.2, -0.15) is 0 Å². The quantitative estimate of drug-likeness (QED) is 0.655. The lowest BCUT2D eigenvalue weighted by Gasteiger charge is -2.22. The van der Waals surface area contributed by atoms with Crippen molar-refractivity contribution in [2.45, 2.75) is 39.7 Å². The minimum atomic E-state index is -0.648. The van der Waals surface area contributed by atoms with Crippen LogP contribution in [0.5, 0.6) is 17.2 Å². The zero-order chi connectivity index (χ0) is 22.9. The van der Waals surface area contributed by atoms with Crippen LogP contribution in [0.3, 0.4) is 0 Å². The van der Waals surface area contributed by atoms with E-state index in [0.717, 1.165) is 5.56 Å². The molecule has 1 aliphatic heterocycles. The number of carbonyl (C=O) groups is 1. The molecule has 0 unspecified atom stereocenters. The van der Waals surface area contributed by atoms with E-state index in [0.29, 0.717) is 23.5 Å². The van der Waals surface area contributed by atoms with Crippen LogP contribution in [0.2, 0.25) is 0 Å². The van der Waals surface area contributed by atoms with Crippen molar-refractivity contribution < 1.29 is 23.4 Å². The third-order valence-corrected chi connectivity index (χ3v) is 5.35. The molecule has 1 aliphatic rings. The van der Waals surface area contributed by atoms with Gasteiger partial charge >= 0.3 is 0 Å². The second-order valence-corrected chi connectivity index (χ2v) is 8.52. The third-order valence-electron chi connectivity index (χ3n) is 5.35. The molecule has 2 aromatic carbocycles. The summed E-state index contributed by atoms with van der Waals surface area (Å²) in [5.74, 6) is 0.00358. The Morgan fingerprint density at radius 2 is 1.87 bits per heavy atom. The van der Waals surface area contributed by atoms with Crippen molar-refractivity contribution in [3.05, 3.63) is 52.3 Å². The Hall–Kier alpha value is -3.09. The Kier molecular flexibility index (Phi) is 6.25. The Morgan fingerprint density at radius 3 is 2.45 bits per heavy atom. The van der Waals surface area contributed by atoms with Crippen LogP contribution in [0.15, 0.2) is 24.3 Å². The van der Waals surface area contributed by atoms with E-state index >= 15 is 0 Å². The fourth-order valence-corrected chi connectivity index (χ4v) is 3.67. The molecule has 0 bridgehead atoms. The number of halogens is 1. The molecule has 166 valence electrons. The highest BCUT2D eigenvalue weighted by molar-refractivity contribution is 6.06. The summed E-state index contributed by atoms with van der Waals surface area (Å²) >= 11 is 0. The summed E-state index contributed by atoms with van der Waals surface area (Å²) in [7, 11) is 2.79. The molecular formula is C24H29FN2O4. The molecular weight excluding hydrogens is 399 g/mol. The van der Waals surface area contributed by atoms with Crippen LogP contribution in [0.1, 0.15) is 54.7 Å². The highest BCUT2D eigenvalue weighted by Gasteiger charge is 2.33. The minimum absolute atomic E-state index is 0.0428. The lowest BCUT2D eigenvalue weighted by atomic mass is 9.85. The molecule has 6 nitrogen and oxygen atoms in total. The topological polar surface area (TPSA) is 71.8 Å². The zero-order valence-electron chi connectivity index (χ0n) is 18.9. The maximum absolute atomic E-state index is 15.0. The van der Waals surface area contributed by atoms with E-state index in [2.05, 4.69) is 20.8 Å². The third kappa shape index (κ3) is 4.36. The molecule has 0 saturated carbocycles. The number of carbonyl (C=O) groups excluding carboxylic acids is 1. The summed E-state index contributed by atoms with van der Waals surface area (Å²) in [6.07, 6.45) is 0. The number of Topliss-reactive ketones (excluding diaryl/α,β-unsaturated/α-hetero) is 1. The molecule has 1 heterocycles. The van der Waals surface area contributed by atoms with E-state index < -0.39 is 5.82 Å². The largest absolute Gasteiger partial charge is 0.494 e. The second kappa shape index (κ2) is 8.57. The summed E-state index contributed by atoms with van der Waals surface area (Å²) in [6.45, 7) is 8.81. The van der Waals surface area contributed by atoms with Crippen molar-refractivity contribution >= 4 is 11.6 Å². The fraction of sp³-hybridized carbons (Fsp3) is 0.417. The zero-order valence-corrected chi connectivity index (χ0v) is 18.9. The van der Waals surface area contributed by atoms with Crippen molar-refractivity contribution in [1.29, 1.82) is 5.41 Å². The van der Waals surface area contributed by atoms with E-state index in [-0.39, 0.29) is 47.2 Å². The monoisotopic (exact) mass is 428 g/mol. The molecule has 0 aliphatic carbocycles. The van der Waals surface area contributed by atoms with Gasteiger partial charge in [0, 0.05) is 12.1 Å². The summed E-state index contributed by atoms with van der Waals surface area (Å²) in [5.41, 5.74) is 2.07. The first-order valence-corrected chi connectivity index (χ1v) is 10.2. The average Bonchev–Trinajstić information content (AvgIpc) is 3.02. The van der Waals surface area contributed by atoms with Crippen molar-refractivity contribution in [3.63, 3.8) is 0 Å². The number of hydrogen-bond donors (Lipinski definition) is 1. The summed E-state index contributed by atoms with van der Waals surface area (Å²) < 4.78 is 30.9. The summed E-state index contributed by atoms with van der Waals surface area (Å²) in [6, 6.07) is 7.19. The summed E-state index contributed by atoms with van der Waals surface area (Å²) in [4.78, 5) is 14.7. The summed E-state index contributed by atoms with van der Waals surface area (Å²) in [5, 5.41) is 8.45. The van der Waals surface area contributed by atoms with Crippen LogP contribution in [-0.4, -0.2) is 43.9 Å². The maximum Gasteiger partial charge on any atom is 0.197 e. The number of rotatable bonds is 7. The van der Waals surface area contributed by atoms with Gasteiger partial charge in [-0.05, 0) is 47.7 Å². The smallest absolute Gasteiger partial charge is 0.197 e. The van der Waals surface area contributed by atoms with Gasteiger partial charge in [0.25, 0.3) is 0 Å². The molecule has 0 aromatic heterocycles. The van der Waals surface area contributed by atoms with Gasteiger partial charge < -0.3 is 19.1 Å². The van der Waals surface area contributed by atoms with Crippen LogP contribution in [0.4, 0.5) is 4.39 Å². The predicted molar refractivity (Wildman–Crippen MR) is 117 cm³/mol. The van der Waals surface area contributed by atoms with E-state index in [1.54, 1.807) is 17.0 Å². The molecule has 1 N–H and O–H groups in total. The van der Waals surface area contributed by atoms with Gasteiger partial charge in [0.1, 0.15) is 11.6 Å². The Labute approximate surface area is 182 Å². The van der Waals surface area contributed by atoms with Gasteiger partial charge in [-0.25, -0.2) is 4.39 Å². The number of nitrogens with one attached hydrogen (secondary N) is 1. The number of benzene rings is 2. The van der Waals surface area contributed by atoms with Gasteiger partial charge in [-0.3, -0.25) is 10.2 Å². The molecule has 0 saturated heterocycles. The van der Waals surface area contributed by atoms with Crippen LogP contribution in [-0.2, 0) is 12.0 Å². The van der Waals surface area contributed by atoms with Crippen LogP contribution < -0.4 is 14.2 Å². The molecule has 3 rings (SSSR count). The molecule has 0 spiro atoms. The van der Waals surface area contributed by atoms with E-state index in [4.69, 9.17) is 19.6 Å². The highest BCUT2D eigenvalue weighted by Crippen LogP contribution is 2.38. The maximum atomic E-state index is 15.0. The Morgan fingerprint density at radius 1 is 1.16 bits per heavy atom. The average molecular weight is 429 g/mol. The van der Waals surface area contributed by atoms with E-state index in [1.165, 1.54) is 14.2 Å². The number of methoxy groups -OCH3 is 2. The highest BCUT2D eigenvalue weighted by atomic mass is 19.1. The number of ether oxygens (including phenoxy) is 3. The van der Waals surface area contributed by atoms with Crippen molar-refractivity contribution in [1.82, 2.24) is 4.90 Å². The fourth-order valence-electron chi connectivity index (χ4n) is 3.67. The standard InChI is InChI=1S/C24H29FN2O4/c1-7-31-17-9-14(8-16(11-17)24(2,3)4)18(28)13-27-12-15-10-19(29-5)22(30-6)21(25)20(15)23(27)26/h8-11,26H,7,12-13H2,1-6H3. The second-order valence-electron chi connectivity index (χ2n) is 8.52. The van der Waals surface area contributed by atoms with Gasteiger partial charge in [-0.1, -0.05) is 20.8 Å². The molecule has 31 heavy (non-hydrogen) atoms. The van der Waals surface area contributed by atoms with Gasteiger partial charge in [-0.15, -0.1) is 0 Å². The molecule has 2 aromatic rings. The normalized spacial score (nSPS) is 13.3. The molecule has 0 amide bonds. The first kappa shape index (κ1) is 22.6. The number of amidine groups is 1. The van der Waals surface area contributed by atoms with Gasteiger partial charge in [0.2, 0.25) is 0 Å². The van der Waals surface area contributed by atoms with Crippen LogP contribution in [0.25, 0.3) is 0 Å². The lowest BCUT2D eigenvalue weighted by molar-refractivity contribution is 0.0962. The van der Waals surface area contributed by atoms with E-state index in [1.807, 2.05) is 19.1 Å². The van der Waals surface area contributed by atoms with Crippen LogP contribution >= 0.6 is 0 Å². The van der Waals surface area contributed by atoms with Crippen LogP contribution in [0, 0.1) is 11.2 Å².